The molecule has 1 unspecified atom stereocenters. The third kappa shape index (κ3) is 0.866. The first-order valence-electron chi connectivity index (χ1n) is 2.59. The van der Waals surface area contributed by atoms with Gasteiger partial charge in [0.25, 0.3) is 0 Å². The summed E-state index contributed by atoms with van der Waals surface area (Å²) in [6.45, 7) is 2.13. The van der Waals surface area contributed by atoms with E-state index in [9.17, 15) is 0 Å². The van der Waals surface area contributed by atoms with Crippen LogP contribution in [0.15, 0.2) is 0 Å². The lowest BCUT2D eigenvalue weighted by Gasteiger charge is -2.10. The van der Waals surface area contributed by atoms with Crippen molar-refractivity contribution < 1.29 is 4.74 Å². The van der Waals surface area contributed by atoms with Gasteiger partial charge in [0.15, 0.2) is 6.10 Å². The summed E-state index contributed by atoms with van der Waals surface area (Å²) in [5.74, 6) is 2.87. The van der Waals surface area contributed by atoms with E-state index < -0.39 is 0 Å². The quantitative estimate of drug-likeness (QED) is 0.468. The largest absolute Gasteiger partial charge is 0.430 e. The van der Waals surface area contributed by atoms with Gasteiger partial charge in [0.1, 0.15) is 6.11 Å². The topological polar surface area (TPSA) is 9.23 Å². The van der Waals surface area contributed by atoms with E-state index in [2.05, 4.69) is 19.0 Å². The van der Waals surface area contributed by atoms with E-state index in [0.717, 1.165) is 6.42 Å². The van der Waals surface area contributed by atoms with E-state index >= 15 is 0 Å². The lowest BCUT2D eigenvalue weighted by molar-refractivity contribution is 0.178. The van der Waals surface area contributed by atoms with Crippen LogP contribution in [0.2, 0.25) is 0 Å². The van der Waals surface area contributed by atoms with Crippen molar-refractivity contribution in [3.8, 4) is 12.0 Å². The maximum atomic E-state index is 4.81. The van der Waals surface area contributed by atoms with Crippen LogP contribution in [0.3, 0.4) is 0 Å². The van der Waals surface area contributed by atoms with Crippen LogP contribution in [-0.2, 0) is 4.74 Å². The molecule has 1 heteroatoms. The SMILES string of the molecule is CCCC1C#CO1. The lowest BCUT2D eigenvalue weighted by atomic mass is 10.2. The van der Waals surface area contributed by atoms with Crippen molar-refractivity contribution in [1.82, 2.24) is 0 Å². The van der Waals surface area contributed by atoms with Gasteiger partial charge in [0, 0.05) is 0 Å². The van der Waals surface area contributed by atoms with Gasteiger partial charge in [-0.15, -0.1) is 0 Å². The first kappa shape index (κ1) is 4.52. The van der Waals surface area contributed by atoms with Crippen LogP contribution in [0.1, 0.15) is 19.8 Å². The molecule has 0 spiro atoms. The monoisotopic (exact) mass is 96.1 g/mol. The number of ether oxygens (including phenoxy) is 1. The Bertz CT molecular complexity index is 107. The molecule has 0 bridgehead atoms. The van der Waals surface area contributed by atoms with E-state index in [4.69, 9.17) is 4.74 Å². The second kappa shape index (κ2) is 1.88. The Labute approximate surface area is 43.7 Å². The standard InChI is InChI=1S/C6H8O/c1-2-3-6-4-5-7-6/h6H,2-3H2,1H3. The molecular formula is C6H8O. The zero-order valence-electron chi connectivity index (χ0n) is 4.40. The molecule has 1 aliphatic heterocycles. The predicted octanol–water partition coefficient (Wildman–Crippen LogP) is 1.15. The zero-order valence-corrected chi connectivity index (χ0v) is 4.40. The first-order valence-corrected chi connectivity index (χ1v) is 2.59. The van der Waals surface area contributed by atoms with E-state index in [0.29, 0.717) is 0 Å². The van der Waals surface area contributed by atoms with Crippen LogP contribution in [0.25, 0.3) is 0 Å². The van der Waals surface area contributed by atoms with E-state index in [1.807, 2.05) is 0 Å². The minimum atomic E-state index is 0.269. The van der Waals surface area contributed by atoms with Crippen LogP contribution in [0.4, 0.5) is 0 Å². The fourth-order valence-corrected chi connectivity index (χ4v) is 0.536. The molecule has 0 aromatic heterocycles. The molecule has 7 heavy (non-hydrogen) atoms. The molecule has 1 nitrogen and oxygen atoms in total. The molecule has 0 aromatic carbocycles. The summed E-state index contributed by atoms with van der Waals surface area (Å²) in [4.78, 5) is 0. The van der Waals surface area contributed by atoms with Crippen molar-refractivity contribution >= 4 is 0 Å². The summed E-state index contributed by atoms with van der Waals surface area (Å²) >= 11 is 0. The van der Waals surface area contributed by atoms with E-state index in [1.165, 1.54) is 6.42 Å². The Balaban J connectivity index is 2.11. The molecule has 1 heterocycles. The molecule has 0 aromatic rings. The summed E-state index contributed by atoms with van der Waals surface area (Å²) in [5, 5.41) is 0. The second-order valence-electron chi connectivity index (χ2n) is 1.64. The van der Waals surface area contributed by atoms with Gasteiger partial charge in [-0.2, -0.15) is 0 Å². The van der Waals surface area contributed by atoms with E-state index in [-0.39, 0.29) is 6.10 Å². The van der Waals surface area contributed by atoms with Crippen LogP contribution >= 0.6 is 0 Å². The molecule has 0 aliphatic carbocycles. The third-order valence-electron chi connectivity index (χ3n) is 0.972. The van der Waals surface area contributed by atoms with Crippen LogP contribution in [0.5, 0.6) is 0 Å². The summed E-state index contributed by atoms with van der Waals surface area (Å²) < 4.78 is 4.81. The van der Waals surface area contributed by atoms with Crippen molar-refractivity contribution in [1.29, 1.82) is 0 Å². The molecule has 1 aliphatic rings. The molecular weight excluding hydrogens is 88.1 g/mol. The predicted molar refractivity (Wildman–Crippen MR) is 27.6 cm³/mol. The van der Waals surface area contributed by atoms with Gasteiger partial charge in [0.05, 0.1) is 0 Å². The molecule has 0 N–H and O–H groups in total. The number of hydrogen-bond donors (Lipinski definition) is 0. The Morgan fingerprint density at radius 3 is 2.57 bits per heavy atom. The Morgan fingerprint density at radius 2 is 2.43 bits per heavy atom. The van der Waals surface area contributed by atoms with Gasteiger partial charge in [-0.25, -0.2) is 0 Å². The maximum Gasteiger partial charge on any atom is 0.174 e. The lowest BCUT2D eigenvalue weighted by Crippen LogP contribution is -2.13. The molecule has 38 valence electrons. The third-order valence-corrected chi connectivity index (χ3v) is 0.972. The highest BCUT2D eigenvalue weighted by atomic mass is 16.5. The van der Waals surface area contributed by atoms with Gasteiger partial charge < -0.3 is 4.74 Å². The molecule has 0 fully saturated rings. The fourth-order valence-electron chi connectivity index (χ4n) is 0.536. The molecule has 0 radical (unpaired) electrons. The van der Waals surface area contributed by atoms with Crippen LogP contribution in [0, 0.1) is 12.0 Å². The molecule has 0 amide bonds. The second-order valence-corrected chi connectivity index (χ2v) is 1.64. The van der Waals surface area contributed by atoms with Gasteiger partial charge in [-0.1, -0.05) is 13.3 Å². The van der Waals surface area contributed by atoms with Crippen molar-refractivity contribution in [3.05, 3.63) is 0 Å². The molecule has 0 saturated carbocycles. The maximum absolute atomic E-state index is 4.81. The Morgan fingerprint density at radius 1 is 1.71 bits per heavy atom. The highest BCUT2D eigenvalue weighted by Crippen LogP contribution is 2.04. The van der Waals surface area contributed by atoms with Crippen LogP contribution < -0.4 is 0 Å². The number of hydrogen-bond acceptors (Lipinski definition) is 1. The highest BCUT2D eigenvalue weighted by Gasteiger charge is 2.07. The van der Waals surface area contributed by atoms with Crippen molar-refractivity contribution in [3.63, 3.8) is 0 Å². The Kier molecular flexibility index (Phi) is 1.21. The van der Waals surface area contributed by atoms with Crippen molar-refractivity contribution in [2.75, 3.05) is 0 Å². The zero-order chi connectivity index (χ0) is 5.11. The summed E-state index contributed by atoms with van der Waals surface area (Å²) in [5.41, 5.74) is 0. The normalized spacial score (nSPS) is 23.9. The molecule has 1 rings (SSSR count). The summed E-state index contributed by atoms with van der Waals surface area (Å²) in [7, 11) is 0. The first-order chi connectivity index (χ1) is 3.43. The summed E-state index contributed by atoms with van der Waals surface area (Å²) in [6, 6.07) is 0. The minimum Gasteiger partial charge on any atom is -0.430 e. The van der Waals surface area contributed by atoms with Crippen LogP contribution in [-0.4, -0.2) is 6.10 Å². The minimum absolute atomic E-state index is 0.269. The van der Waals surface area contributed by atoms with Gasteiger partial charge in [0.2, 0.25) is 0 Å². The van der Waals surface area contributed by atoms with Gasteiger partial charge >= 0.3 is 0 Å². The fraction of sp³-hybridized carbons (Fsp3) is 0.667. The Hall–Kier alpha value is -0.640. The average Bonchev–Trinajstić information content (AvgIpc) is 1.55. The van der Waals surface area contributed by atoms with Crippen molar-refractivity contribution in [2.24, 2.45) is 0 Å². The van der Waals surface area contributed by atoms with Gasteiger partial charge in [-0.3, -0.25) is 0 Å². The smallest absolute Gasteiger partial charge is 0.174 e. The summed E-state index contributed by atoms with van der Waals surface area (Å²) in [6.07, 6.45) is 5.02. The number of rotatable bonds is 2. The molecule has 0 saturated heterocycles. The van der Waals surface area contributed by atoms with E-state index in [1.54, 1.807) is 0 Å². The van der Waals surface area contributed by atoms with Gasteiger partial charge in [-0.05, 0) is 12.3 Å². The van der Waals surface area contributed by atoms with Crippen molar-refractivity contribution in [2.45, 2.75) is 25.9 Å². The highest BCUT2D eigenvalue weighted by molar-refractivity contribution is 5.09. The molecule has 1 atom stereocenters. The average molecular weight is 96.1 g/mol.